The minimum atomic E-state index is -0.228. The molecule has 2 aromatic rings. The highest BCUT2D eigenvalue weighted by Crippen LogP contribution is 2.34. The van der Waals surface area contributed by atoms with Crippen molar-refractivity contribution in [3.05, 3.63) is 57.8 Å². The Kier molecular flexibility index (Phi) is 5.94. The molecular weight excluding hydrogens is 328 g/mol. The van der Waals surface area contributed by atoms with Crippen molar-refractivity contribution in [2.75, 3.05) is 6.54 Å². The number of rotatable bonds is 5. The average molecular weight is 344 g/mol. The van der Waals surface area contributed by atoms with E-state index in [0.29, 0.717) is 14.9 Å². The first kappa shape index (κ1) is 16.6. The Labute approximate surface area is 138 Å². The molecule has 0 amide bonds. The summed E-state index contributed by atoms with van der Waals surface area (Å²) in [6, 6.07) is 10.7. The average Bonchev–Trinajstić information content (AvgIpc) is 2.45. The van der Waals surface area contributed by atoms with Crippen LogP contribution in [0.5, 0.6) is 0 Å². The molecule has 0 saturated carbocycles. The van der Waals surface area contributed by atoms with Gasteiger partial charge in [-0.3, -0.25) is 0 Å². The third kappa shape index (κ3) is 4.36. The minimum Gasteiger partial charge on any atom is -0.310 e. The smallest absolute Gasteiger partial charge is 0.137 e. The number of benzene rings is 2. The van der Waals surface area contributed by atoms with Crippen LogP contribution in [0.25, 0.3) is 0 Å². The van der Waals surface area contributed by atoms with Crippen LogP contribution in [-0.2, 0) is 0 Å². The molecule has 0 aliphatic heterocycles. The molecular formula is C16H16Cl2FNS. The second kappa shape index (κ2) is 7.50. The summed E-state index contributed by atoms with van der Waals surface area (Å²) in [4.78, 5) is 1.43. The zero-order valence-electron chi connectivity index (χ0n) is 11.8. The quantitative estimate of drug-likeness (QED) is 0.719. The summed E-state index contributed by atoms with van der Waals surface area (Å²) in [7, 11) is 0. The van der Waals surface area contributed by atoms with Gasteiger partial charge in [0.15, 0.2) is 0 Å². The molecule has 0 aliphatic rings. The third-order valence-corrected chi connectivity index (χ3v) is 4.86. The normalized spacial score (nSPS) is 12.4. The topological polar surface area (TPSA) is 12.0 Å². The van der Waals surface area contributed by atoms with Gasteiger partial charge in [0.25, 0.3) is 0 Å². The molecule has 0 fully saturated rings. The lowest BCUT2D eigenvalue weighted by Crippen LogP contribution is -2.17. The first-order valence-electron chi connectivity index (χ1n) is 6.67. The SMILES string of the molecule is CCNC(C)c1ccc(Sc2ccc(Cl)c(Cl)c2)c(F)c1. The highest BCUT2D eigenvalue weighted by atomic mass is 35.5. The first-order valence-corrected chi connectivity index (χ1v) is 8.24. The van der Waals surface area contributed by atoms with Crippen LogP contribution in [0.15, 0.2) is 46.2 Å². The molecule has 112 valence electrons. The van der Waals surface area contributed by atoms with Crippen LogP contribution in [0.3, 0.4) is 0 Å². The fourth-order valence-corrected chi connectivity index (χ4v) is 3.18. The van der Waals surface area contributed by atoms with E-state index in [1.54, 1.807) is 24.3 Å². The molecule has 1 unspecified atom stereocenters. The summed E-state index contributed by atoms with van der Waals surface area (Å²) < 4.78 is 14.2. The van der Waals surface area contributed by atoms with Crippen LogP contribution < -0.4 is 5.32 Å². The van der Waals surface area contributed by atoms with E-state index in [1.807, 2.05) is 26.0 Å². The van der Waals surface area contributed by atoms with Gasteiger partial charge in [-0.15, -0.1) is 0 Å². The molecule has 1 atom stereocenters. The van der Waals surface area contributed by atoms with Gasteiger partial charge in [-0.1, -0.05) is 48.0 Å². The summed E-state index contributed by atoms with van der Waals surface area (Å²) in [6.45, 7) is 4.90. The summed E-state index contributed by atoms with van der Waals surface area (Å²) in [6.07, 6.45) is 0. The van der Waals surface area contributed by atoms with Crippen LogP contribution in [0.4, 0.5) is 4.39 Å². The maximum absolute atomic E-state index is 14.2. The van der Waals surface area contributed by atoms with Crippen molar-refractivity contribution >= 4 is 35.0 Å². The minimum absolute atomic E-state index is 0.133. The highest BCUT2D eigenvalue weighted by molar-refractivity contribution is 7.99. The van der Waals surface area contributed by atoms with E-state index in [2.05, 4.69) is 5.32 Å². The van der Waals surface area contributed by atoms with Gasteiger partial charge in [-0.25, -0.2) is 4.39 Å². The van der Waals surface area contributed by atoms with Crippen molar-refractivity contribution < 1.29 is 4.39 Å². The van der Waals surface area contributed by atoms with Crippen LogP contribution in [-0.4, -0.2) is 6.54 Å². The fraction of sp³-hybridized carbons (Fsp3) is 0.250. The van der Waals surface area contributed by atoms with Gasteiger partial charge in [0, 0.05) is 15.8 Å². The summed E-state index contributed by atoms with van der Waals surface area (Å²) in [5.74, 6) is -0.228. The molecule has 5 heteroatoms. The zero-order chi connectivity index (χ0) is 15.4. The van der Waals surface area contributed by atoms with Gasteiger partial charge in [0.05, 0.1) is 10.0 Å². The van der Waals surface area contributed by atoms with Gasteiger partial charge in [0.1, 0.15) is 5.82 Å². The Hall–Kier alpha value is -0.740. The summed E-state index contributed by atoms with van der Waals surface area (Å²) in [5, 5.41) is 4.23. The number of hydrogen-bond donors (Lipinski definition) is 1. The van der Waals surface area contributed by atoms with Gasteiger partial charge >= 0.3 is 0 Å². The monoisotopic (exact) mass is 343 g/mol. The second-order valence-corrected chi connectivity index (χ2v) is 6.58. The van der Waals surface area contributed by atoms with E-state index in [-0.39, 0.29) is 11.9 Å². The van der Waals surface area contributed by atoms with Gasteiger partial charge in [-0.05, 0) is 49.4 Å². The lowest BCUT2D eigenvalue weighted by atomic mass is 10.1. The van der Waals surface area contributed by atoms with Crippen LogP contribution in [0.1, 0.15) is 25.5 Å². The number of nitrogens with one attached hydrogen (secondary N) is 1. The molecule has 0 aliphatic carbocycles. The Bertz CT molecular complexity index is 634. The molecule has 2 aromatic carbocycles. The molecule has 2 rings (SSSR count). The van der Waals surface area contributed by atoms with Crippen molar-refractivity contribution in [2.45, 2.75) is 29.7 Å². The summed E-state index contributed by atoms with van der Waals surface area (Å²) >= 11 is 13.2. The van der Waals surface area contributed by atoms with Crippen molar-refractivity contribution in [1.82, 2.24) is 5.32 Å². The molecule has 1 N–H and O–H groups in total. The molecule has 0 saturated heterocycles. The lowest BCUT2D eigenvalue weighted by molar-refractivity contribution is 0.572. The predicted molar refractivity (Wildman–Crippen MR) is 89.1 cm³/mol. The largest absolute Gasteiger partial charge is 0.310 e. The van der Waals surface area contributed by atoms with Gasteiger partial charge < -0.3 is 5.32 Å². The molecule has 0 aromatic heterocycles. The predicted octanol–water partition coefficient (Wildman–Crippen LogP) is 5.95. The number of halogens is 3. The van der Waals surface area contributed by atoms with Crippen LogP contribution >= 0.6 is 35.0 Å². The fourth-order valence-electron chi connectivity index (χ4n) is 1.96. The van der Waals surface area contributed by atoms with E-state index in [9.17, 15) is 4.39 Å². The van der Waals surface area contributed by atoms with E-state index in [4.69, 9.17) is 23.2 Å². The van der Waals surface area contributed by atoms with Crippen LogP contribution in [0.2, 0.25) is 10.0 Å². The second-order valence-electron chi connectivity index (χ2n) is 4.65. The van der Waals surface area contributed by atoms with E-state index < -0.39 is 0 Å². The van der Waals surface area contributed by atoms with Crippen molar-refractivity contribution in [3.63, 3.8) is 0 Å². The summed E-state index contributed by atoms with van der Waals surface area (Å²) in [5.41, 5.74) is 0.938. The molecule has 0 spiro atoms. The van der Waals surface area contributed by atoms with Crippen molar-refractivity contribution in [1.29, 1.82) is 0 Å². The van der Waals surface area contributed by atoms with E-state index in [0.717, 1.165) is 17.0 Å². The highest BCUT2D eigenvalue weighted by Gasteiger charge is 2.10. The first-order chi connectivity index (χ1) is 10.0. The third-order valence-electron chi connectivity index (χ3n) is 3.09. The number of hydrogen-bond acceptors (Lipinski definition) is 2. The Morgan fingerprint density at radius 1 is 1.14 bits per heavy atom. The van der Waals surface area contributed by atoms with E-state index >= 15 is 0 Å². The molecule has 0 heterocycles. The molecule has 0 radical (unpaired) electrons. The zero-order valence-corrected chi connectivity index (χ0v) is 14.1. The van der Waals surface area contributed by atoms with Crippen molar-refractivity contribution in [3.8, 4) is 0 Å². The van der Waals surface area contributed by atoms with Crippen LogP contribution in [0, 0.1) is 5.82 Å². The molecule has 0 bridgehead atoms. The Morgan fingerprint density at radius 3 is 2.52 bits per heavy atom. The van der Waals surface area contributed by atoms with Gasteiger partial charge in [0.2, 0.25) is 0 Å². The van der Waals surface area contributed by atoms with Crippen molar-refractivity contribution in [2.24, 2.45) is 0 Å². The maximum atomic E-state index is 14.2. The molecule has 1 nitrogen and oxygen atoms in total. The maximum Gasteiger partial charge on any atom is 0.137 e. The molecule has 21 heavy (non-hydrogen) atoms. The lowest BCUT2D eigenvalue weighted by Gasteiger charge is -2.14. The Morgan fingerprint density at radius 2 is 1.90 bits per heavy atom. The van der Waals surface area contributed by atoms with E-state index in [1.165, 1.54) is 11.8 Å². The Balaban J connectivity index is 2.19. The standard InChI is InChI=1S/C16H16Cl2FNS/c1-3-20-10(2)11-4-7-16(15(19)8-11)21-12-5-6-13(17)14(18)9-12/h4-10,20H,3H2,1-2H3. The van der Waals surface area contributed by atoms with Gasteiger partial charge in [-0.2, -0.15) is 0 Å².